The SMILES string of the molecule is CCOC(=O)CSc1nc2c(sc3ccccc32)c(=O)n1Cc1ccc2c(c1)OCO2. The van der Waals surface area contributed by atoms with E-state index in [1.54, 1.807) is 11.5 Å². The minimum Gasteiger partial charge on any atom is -0.465 e. The molecule has 0 saturated heterocycles. The number of nitrogens with zero attached hydrogens (tertiary/aromatic N) is 2. The highest BCUT2D eigenvalue weighted by Gasteiger charge is 2.19. The van der Waals surface area contributed by atoms with Gasteiger partial charge >= 0.3 is 5.97 Å². The van der Waals surface area contributed by atoms with Crippen molar-refractivity contribution in [2.75, 3.05) is 19.2 Å². The summed E-state index contributed by atoms with van der Waals surface area (Å²) in [6.07, 6.45) is 0. The normalized spacial score (nSPS) is 12.5. The molecule has 158 valence electrons. The van der Waals surface area contributed by atoms with Gasteiger partial charge in [0.1, 0.15) is 4.70 Å². The van der Waals surface area contributed by atoms with Crippen LogP contribution in [0.3, 0.4) is 0 Å². The summed E-state index contributed by atoms with van der Waals surface area (Å²) in [4.78, 5) is 30.2. The number of esters is 1. The van der Waals surface area contributed by atoms with E-state index in [-0.39, 0.29) is 24.1 Å². The minimum absolute atomic E-state index is 0.0784. The van der Waals surface area contributed by atoms with E-state index in [2.05, 4.69) is 0 Å². The molecule has 0 fully saturated rings. The lowest BCUT2D eigenvalue weighted by Crippen LogP contribution is -2.23. The lowest BCUT2D eigenvalue weighted by Gasteiger charge is -2.12. The Morgan fingerprint density at radius 2 is 2.06 bits per heavy atom. The zero-order chi connectivity index (χ0) is 21.4. The maximum absolute atomic E-state index is 13.5. The molecule has 1 aliphatic heterocycles. The fourth-order valence-corrected chi connectivity index (χ4v) is 5.33. The fraction of sp³-hybridized carbons (Fsp3) is 0.227. The van der Waals surface area contributed by atoms with Gasteiger partial charge in [-0.3, -0.25) is 14.2 Å². The topological polar surface area (TPSA) is 79.7 Å². The average molecular weight is 455 g/mol. The van der Waals surface area contributed by atoms with Crippen molar-refractivity contribution >= 4 is 49.4 Å². The second kappa shape index (κ2) is 8.24. The van der Waals surface area contributed by atoms with Crippen LogP contribution in [0.2, 0.25) is 0 Å². The lowest BCUT2D eigenvalue weighted by atomic mass is 10.2. The number of benzene rings is 2. The van der Waals surface area contributed by atoms with Crippen LogP contribution in [0.15, 0.2) is 52.4 Å². The number of hydrogen-bond donors (Lipinski definition) is 0. The first-order chi connectivity index (χ1) is 15.1. The molecular formula is C22H18N2O5S2. The van der Waals surface area contributed by atoms with E-state index in [1.165, 1.54) is 23.1 Å². The summed E-state index contributed by atoms with van der Waals surface area (Å²) in [6.45, 7) is 2.57. The number of carbonyl (C=O) groups excluding carboxylic acids is 1. The summed E-state index contributed by atoms with van der Waals surface area (Å²) < 4.78 is 19.1. The number of aromatic nitrogens is 2. The predicted molar refractivity (Wildman–Crippen MR) is 120 cm³/mol. The highest BCUT2D eigenvalue weighted by atomic mass is 32.2. The summed E-state index contributed by atoms with van der Waals surface area (Å²) in [5.41, 5.74) is 1.42. The molecule has 1 aliphatic rings. The van der Waals surface area contributed by atoms with Crippen molar-refractivity contribution in [3.8, 4) is 11.5 Å². The van der Waals surface area contributed by atoms with Gasteiger partial charge in [0.15, 0.2) is 16.7 Å². The molecule has 7 nitrogen and oxygen atoms in total. The van der Waals surface area contributed by atoms with E-state index in [1.807, 2.05) is 42.5 Å². The van der Waals surface area contributed by atoms with Crippen LogP contribution in [-0.2, 0) is 16.1 Å². The van der Waals surface area contributed by atoms with Gasteiger partial charge in [0, 0.05) is 10.1 Å². The van der Waals surface area contributed by atoms with Gasteiger partial charge in [-0.15, -0.1) is 11.3 Å². The fourth-order valence-electron chi connectivity index (χ4n) is 3.45. The van der Waals surface area contributed by atoms with Crippen LogP contribution in [-0.4, -0.2) is 34.7 Å². The maximum atomic E-state index is 13.5. The van der Waals surface area contributed by atoms with Gasteiger partial charge in [0.2, 0.25) is 6.79 Å². The molecule has 0 aliphatic carbocycles. The predicted octanol–water partition coefficient (Wildman–Crippen LogP) is 4.04. The van der Waals surface area contributed by atoms with Crippen LogP contribution in [0.25, 0.3) is 20.3 Å². The molecule has 0 bridgehead atoms. The number of fused-ring (bicyclic) bond motifs is 4. The van der Waals surface area contributed by atoms with Crippen LogP contribution in [0, 0.1) is 0 Å². The van der Waals surface area contributed by atoms with Crippen LogP contribution in [0.5, 0.6) is 11.5 Å². The van der Waals surface area contributed by atoms with Crippen molar-refractivity contribution in [3.63, 3.8) is 0 Å². The molecule has 0 spiro atoms. The molecule has 3 heterocycles. The molecule has 2 aromatic heterocycles. The van der Waals surface area contributed by atoms with E-state index in [0.29, 0.717) is 40.0 Å². The van der Waals surface area contributed by atoms with Gasteiger partial charge in [-0.1, -0.05) is 36.0 Å². The second-order valence-electron chi connectivity index (χ2n) is 6.84. The van der Waals surface area contributed by atoms with Gasteiger partial charge in [0.25, 0.3) is 5.56 Å². The van der Waals surface area contributed by atoms with E-state index in [0.717, 1.165) is 15.6 Å². The quantitative estimate of drug-likeness (QED) is 0.247. The standard InChI is InChI=1S/C22H18N2O5S2/c1-2-27-18(25)11-30-22-23-19-14-5-3-4-6-17(14)31-20(19)21(26)24(22)10-13-7-8-15-16(9-13)29-12-28-15/h3-9H,2,10-12H2,1H3. The minimum atomic E-state index is -0.341. The number of carbonyl (C=O) groups is 1. The molecule has 0 radical (unpaired) electrons. The van der Waals surface area contributed by atoms with Crippen molar-refractivity contribution in [2.45, 2.75) is 18.6 Å². The van der Waals surface area contributed by atoms with E-state index in [9.17, 15) is 9.59 Å². The monoisotopic (exact) mass is 454 g/mol. The number of ether oxygens (including phenoxy) is 3. The van der Waals surface area contributed by atoms with Crippen molar-refractivity contribution in [1.82, 2.24) is 9.55 Å². The first kappa shape index (κ1) is 19.9. The van der Waals surface area contributed by atoms with E-state index < -0.39 is 0 Å². The third kappa shape index (κ3) is 3.75. The second-order valence-corrected chi connectivity index (χ2v) is 8.84. The molecule has 9 heteroatoms. The Balaban J connectivity index is 1.60. The summed E-state index contributed by atoms with van der Waals surface area (Å²) >= 11 is 2.64. The molecule has 0 unspecified atom stereocenters. The Hall–Kier alpha value is -3.04. The highest BCUT2D eigenvalue weighted by molar-refractivity contribution is 7.99. The molecule has 0 saturated carbocycles. The lowest BCUT2D eigenvalue weighted by molar-refractivity contribution is -0.139. The van der Waals surface area contributed by atoms with Crippen molar-refractivity contribution in [3.05, 3.63) is 58.4 Å². The van der Waals surface area contributed by atoms with Gasteiger partial charge in [-0.25, -0.2) is 4.98 Å². The summed E-state index contributed by atoms with van der Waals surface area (Å²) in [5, 5.41) is 1.42. The largest absolute Gasteiger partial charge is 0.465 e. The van der Waals surface area contributed by atoms with Crippen molar-refractivity contribution in [2.24, 2.45) is 0 Å². The van der Waals surface area contributed by atoms with E-state index in [4.69, 9.17) is 19.2 Å². The van der Waals surface area contributed by atoms with Crippen LogP contribution in [0.1, 0.15) is 12.5 Å². The molecule has 0 amide bonds. The molecule has 0 atom stereocenters. The summed E-state index contributed by atoms with van der Waals surface area (Å²) in [7, 11) is 0. The summed E-state index contributed by atoms with van der Waals surface area (Å²) in [6, 6.07) is 13.4. The summed E-state index contributed by atoms with van der Waals surface area (Å²) in [5.74, 6) is 1.08. The van der Waals surface area contributed by atoms with Gasteiger partial charge in [0.05, 0.1) is 24.4 Å². The van der Waals surface area contributed by atoms with Crippen molar-refractivity contribution in [1.29, 1.82) is 0 Å². The highest BCUT2D eigenvalue weighted by Crippen LogP contribution is 2.34. The molecule has 5 rings (SSSR count). The molecular weight excluding hydrogens is 436 g/mol. The zero-order valence-corrected chi connectivity index (χ0v) is 18.3. The first-order valence-corrected chi connectivity index (χ1v) is 11.5. The molecule has 31 heavy (non-hydrogen) atoms. The first-order valence-electron chi connectivity index (χ1n) is 9.73. The van der Waals surface area contributed by atoms with Crippen molar-refractivity contribution < 1.29 is 19.0 Å². The Kier molecular flexibility index (Phi) is 5.29. The van der Waals surface area contributed by atoms with Crippen LogP contribution in [0.4, 0.5) is 0 Å². The van der Waals surface area contributed by atoms with E-state index >= 15 is 0 Å². The maximum Gasteiger partial charge on any atom is 0.316 e. The smallest absolute Gasteiger partial charge is 0.316 e. The zero-order valence-electron chi connectivity index (χ0n) is 16.6. The third-order valence-corrected chi connectivity index (χ3v) is 6.95. The number of thioether (sulfide) groups is 1. The average Bonchev–Trinajstić information content (AvgIpc) is 3.39. The van der Waals surface area contributed by atoms with Crippen LogP contribution < -0.4 is 15.0 Å². The Labute approximate surface area is 185 Å². The Morgan fingerprint density at radius 3 is 2.94 bits per heavy atom. The van der Waals surface area contributed by atoms with Gasteiger partial charge in [-0.2, -0.15) is 0 Å². The Bertz CT molecular complexity index is 1360. The Morgan fingerprint density at radius 1 is 1.23 bits per heavy atom. The number of thiophene rings is 1. The number of rotatable bonds is 6. The number of hydrogen-bond acceptors (Lipinski definition) is 8. The third-order valence-electron chi connectivity index (χ3n) is 4.85. The van der Waals surface area contributed by atoms with Crippen LogP contribution >= 0.6 is 23.1 Å². The molecule has 0 N–H and O–H groups in total. The molecule has 4 aromatic rings. The molecule has 2 aromatic carbocycles. The van der Waals surface area contributed by atoms with Gasteiger partial charge < -0.3 is 14.2 Å². The van der Waals surface area contributed by atoms with Gasteiger partial charge in [-0.05, 0) is 30.7 Å².